The van der Waals surface area contributed by atoms with E-state index in [1.165, 1.54) is 4.90 Å². The lowest BCUT2D eigenvalue weighted by molar-refractivity contribution is 0.0665. The van der Waals surface area contributed by atoms with Gasteiger partial charge in [0.1, 0.15) is 0 Å². The zero-order chi connectivity index (χ0) is 11.7. The molecule has 1 aliphatic rings. The Morgan fingerprint density at radius 1 is 1.31 bits per heavy atom. The predicted molar refractivity (Wildman–Crippen MR) is 64.6 cm³/mol. The third-order valence-corrected chi connectivity index (χ3v) is 3.14. The number of thioether (sulfide) groups is 1. The number of nitrogens with zero attached hydrogens (tertiary/aromatic N) is 1. The molecule has 0 aromatic heterocycles. The number of rotatable bonds is 3. The summed E-state index contributed by atoms with van der Waals surface area (Å²) in [5, 5.41) is 0. The van der Waals surface area contributed by atoms with Crippen LogP contribution in [0.15, 0.2) is 18.2 Å². The summed E-state index contributed by atoms with van der Waals surface area (Å²) in [4.78, 5) is 25.1. The van der Waals surface area contributed by atoms with E-state index in [1.807, 2.05) is 6.26 Å². The standard InChI is InChI=1S/C11H12N2O2S/c1-16-6-5-13-10(14)7-3-2-4-8(12)9(7)11(13)15/h2-4H,5-6,12H2,1H3. The second-order valence-corrected chi connectivity index (χ2v) is 4.51. The summed E-state index contributed by atoms with van der Waals surface area (Å²) in [6.07, 6.45) is 1.94. The average Bonchev–Trinajstić information content (AvgIpc) is 2.51. The first-order valence-electron chi connectivity index (χ1n) is 4.90. The van der Waals surface area contributed by atoms with E-state index in [2.05, 4.69) is 0 Å². The first-order valence-corrected chi connectivity index (χ1v) is 6.30. The smallest absolute Gasteiger partial charge is 0.263 e. The van der Waals surface area contributed by atoms with Crippen LogP contribution in [0.3, 0.4) is 0 Å². The molecule has 4 nitrogen and oxygen atoms in total. The molecular weight excluding hydrogens is 224 g/mol. The zero-order valence-electron chi connectivity index (χ0n) is 8.90. The van der Waals surface area contributed by atoms with Crippen LogP contribution in [-0.4, -0.2) is 35.3 Å². The fraction of sp³-hybridized carbons (Fsp3) is 0.273. The van der Waals surface area contributed by atoms with Crippen LogP contribution in [0.1, 0.15) is 20.7 Å². The van der Waals surface area contributed by atoms with Crippen molar-refractivity contribution in [3.8, 4) is 0 Å². The Hall–Kier alpha value is -1.49. The molecule has 1 heterocycles. The third-order valence-electron chi connectivity index (χ3n) is 2.55. The molecule has 0 atom stereocenters. The van der Waals surface area contributed by atoms with Crippen LogP contribution >= 0.6 is 11.8 Å². The van der Waals surface area contributed by atoms with Crippen molar-refractivity contribution in [2.24, 2.45) is 0 Å². The normalized spacial score (nSPS) is 14.4. The van der Waals surface area contributed by atoms with E-state index < -0.39 is 0 Å². The van der Waals surface area contributed by atoms with Gasteiger partial charge in [-0.1, -0.05) is 6.07 Å². The number of hydrogen-bond acceptors (Lipinski definition) is 4. The molecule has 2 rings (SSSR count). The first-order chi connectivity index (χ1) is 7.66. The number of nitrogens with two attached hydrogens (primary N) is 1. The summed E-state index contributed by atoms with van der Waals surface area (Å²) < 4.78 is 0. The molecule has 0 saturated heterocycles. The lowest BCUT2D eigenvalue weighted by Gasteiger charge is -2.12. The van der Waals surface area contributed by atoms with Crippen LogP contribution < -0.4 is 5.73 Å². The van der Waals surface area contributed by atoms with Crippen LogP contribution in [0, 0.1) is 0 Å². The molecule has 0 bridgehead atoms. The molecule has 0 aliphatic carbocycles. The van der Waals surface area contributed by atoms with Crippen molar-refractivity contribution in [1.82, 2.24) is 4.90 Å². The van der Waals surface area contributed by atoms with Gasteiger partial charge in [0.25, 0.3) is 11.8 Å². The van der Waals surface area contributed by atoms with E-state index in [-0.39, 0.29) is 11.8 Å². The van der Waals surface area contributed by atoms with Crippen molar-refractivity contribution >= 4 is 29.3 Å². The number of anilines is 1. The fourth-order valence-corrected chi connectivity index (χ4v) is 2.11. The number of carbonyl (C=O) groups excluding carboxylic acids is 2. The van der Waals surface area contributed by atoms with Gasteiger partial charge in [0.15, 0.2) is 0 Å². The lowest BCUT2D eigenvalue weighted by Crippen LogP contribution is -2.31. The predicted octanol–water partition coefficient (Wildman–Crippen LogP) is 1.23. The van der Waals surface area contributed by atoms with Crippen molar-refractivity contribution in [2.75, 3.05) is 24.3 Å². The van der Waals surface area contributed by atoms with Crippen molar-refractivity contribution in [3.63, 3.8) is 0 Å². The number of carbonyl (C=O) groups is 2. The Morgan fingerprint density at radius 3 is 2.69 bits per heavy atom. The van der Waals surface area contributed by atoms with Gasteiger partial charge in [-0.15, -0.1) is 0 Å². The maximum Gasteiger partial charge on any atom is 0.263 e. The Labute approximate surface area is 97.8 Å². The van der Waals surface area contributed by atoms with E-state index in [0.717, 1.165) is 5.75 Å². The Bertz CT molecular complexity index is 459. The molecule has 0 saturated carbocycles. The van der Waals surface area contributed by atoms with Gasteiger partial charge in [0.05, 0.1) is 11.1 Å². The second-order valence-electron chi connectivity index (χ2n) is 3.52. The molecule has 2 N–H and O–H groups in total. The number of nitrogen functional groups attached to an aromatic ring is 1. The minimum Gasteiger partial charge on any atom is -0.398 e. The molecule has 5 heteroatoms. The third kappa shape index (κ3) is 1.57. The highest BCUT2D eigenvalue weighted by Gasteiger charge is 2.36. The van der Waals surface area contributed by atoms with Crippen LogP contribution in [0.2, 0.25) is 0 Å². The Morgan fingerprint density at radius 2 is 2.06 bits per heavy atom. The van der Waals surface area contributed by atoms with Gasteiger partial charge in [-0.3, -0.25) is 14.5 Å². The summed E-state index contributed by atoms with van der Waals surface area (Å²) in [5.41, 5.74) is 6.87. The topological polar surface area (TPSA) is 63.4 Å². The lowest BCUT2D eigenvalue weighted by atomic mass is 10.1. The van der Waals surface area contributed by atoms with Gasteiger partial charge in [0.2, 0.25) is 0 Å². The molecular formula is C11H12N2O2S. The molecule has 16 heavy (non-hydrogen) atoms. The molecule has 0 fully saturated rings. The van der Waals surface area contributed by atoms with Gasteiger partial charge >= 0.3 is 0 Å². The maximum atomic E-state index is 11.9. The summed E-state index contributed by atoms with van der Waals surface area (Å²) in [6.45, 7) is 0.437. The van der Waals surface area contributed by atoms with Crippen LogP contribution in [-0.2, 0) is 0 Å². The van der Waals surface area contributed by atoms with Gasteiger partial charge < -0.3 is 5.73 Å². The fourth-order valence-electron chi connectivity index (χ4n) is 1.75. The van der Waals surface area contributed by atoms with Crippen LogP contribution in [0.4, 0.5) is 5.69 Å². The summed E-state index contributed by atoms with van der Waals surface area (Å²) in [5.74, 6) is 0.235. The highest BCUT2D eigenvalue weighted by molar-refractivity contribution is 7.98. The highest BCUT2D eigenvalue weighted by Crippen LogP contribution is 2.27. The van der Waals surface area contributed by atoms with Crippen molar-refractivity contribution in [3.05, 3.63) is 29.3 Å². The number of imide groups is 1. The largest absolute Gasteiger partial charge is 0.398 e. The minimum absolute atomic E-state index is 0.235. The minimum atomic E-state index is -0.271. The summed E-state index contributed by atoms with van der Waals surface area (Å²) in [7, 11) is 0. The Balaban J connectivity index is 2.37. The molecule has 1 aliphatic heterocycles. The average molecular weight is 236 g/mol. The van der Waals surface area contributed by atoms with E-state index in [1.54, 1.807) is 30.0 Å². The van der Waals surface area contributed by atoms with E-state index >= 15 is 0 Å². The van der Waals surface area contributed by atoms with Gasteiger partial charge in [-0.25, -0.2) is 0 Å². The second kappa shape index (κ2) is 4.17. The first kappa shape index (κ1) is 11.0. The van der Waals surface area contributed by atoms with Gasteiger partial charge in [-0.05, 0) is 18.4 Å². The van der Waals surface area contributed by atoms with Crippen LogP contribution in [0.5, 0.6) is 0 Å². The van der Waals surface area contributed by atoms with Gasteiger partial charge in [-0.2, -0.15) is 11.8 Å². The zero-order valence-corrected chi connectivity index (χ0v) is 9.71. The number of benzene rings is 1. The van der Waals surface area contributed by atoms with Crippen molar-refractivity contribution < 1.29 is 9.59 Å². The van der Waals surface area contributed by atoms with E-state index in [0.29, 0.717) is 23.4 Å². The molecule has 0 radical (unpaired) electrons. The molecule has 1 aromatic carbocycles. The summed E-state index contributed by atoms with van der Waals surface area (Å²) in [6, 6.07) is 4.98. The van der Waals surface area contributed by atoms with E-state index in [4.69, 9.17) is 5.73 Å². The Kier molecular flexibility index (Phi) is 2.87. The molecule has 0 spiro atoms. The number of amides is 2. The monoisotopic (exact) mass is 236 g/mol. The maximum absolute atomic E-state index is 11.9. The molecule has 84 valence electrons. The number of hydrogen-bond donors (Lipinski definition) is 1. The molecule has 2 amide bonds. The van der Waals surface area contributed by atoms with Gasteiger partial charge in [0, 0.05) is 18.0 Å². The van der Waals surface area contributed by atoms with Crippen molar-refractivity contribution in [1.29, 1.82) is 0 Å². The molecule has 0 unspecified atom stereocenters. The SMILES string of the molecule is CSCCN1C(=O)c2cccc(N)c2C1=O. The van der Waals surface area contributed by atoms with E-state index in [9.17, 15) is 9.59 Å². The highest BCUT2D eigenvalue weighted by atomic mass is 32.2. The molecule has 1 aromatic rings. The van der Waals surface area contributed by atoms with Crippen LogP contribution in [0.25, 0.3) is 0 Å². The van der Waals surface area contributed by atoms with Crippen molar-refractivity contribution in [2.45, 2.75) is 0 Å². The quantitative estimate of drug-likeness (QED) is 0.633. The number of fused-ring (bicyclic) bond motifs is 1. The summed E-state index contributed by atoms with van der Waals surface area (Å²) >= 11 is 1.60.